The number of nitrogens with one attached hydrogen (secondary N) is 2. The maximum atomic E-state index is 11.9. The number of nitrogens with zero attached hydrogens (tertiary/aromatic N) is 1. The van der Waals surface area contributed by atoms with Crippen molar-refractivity contribution < 1.29 is 4.79 Å². The topological polar surface area (TPSA) is 57.8 Å². The smallest absolute Gasteiger partial charge is 0.226 e. The number of halogens is 1. The number of aromatic amines is 1. The Labute approximate surface area is 136 Å². The van der Waals surface area contributed by atoms with Crippen LogP contribution in [0.5, 0.6) is 0 Å². The van der Waals surface area contributed by atoms with E-state index in [9.17, 15) is 4.79 Å². The first-order chi connectivity index (χ1) is 10.7. The number of carbonyl (C=O) groups excluding carboxylic acids is 1. The minimum Gasteiger partial charge on any atom is -0.309 e. The summed E-state index contributed by atoms with van der Waals surface area (Å²) in [7, 11) is 0. The number of rotatable bonds is 2. The Hall–Kier alpha value is -2.11. The summed E-state index contributed by atoms with van der Waals surface area (Å²) in [6.45, 7) is 0. The number of hydrogen-bond donors (Lipinski definition) is 2. The van der Waals surface area contributed by atoms with Crippen molar-refractivity contribution in [3.63, 3.8) is 0 Å². The fourth-order valence-electron chi connectivity index (χ4n) is 2.82. The molecule has 0 spiro atoms. The normalized spacial score (nSPS) is 17.1. The zero-order valence-electron chi connectivity index (χ0n) is 11.5. The van der Waals surface area contributed by atoms with Crippen LogP contribution in [-0.2, 0) is 4.79 Å². The third-order valence-electron chi connectivity index (χ3n) is 3.82. The monoisotopic (exact) mass is 329 g/mol. The summed E-state index contributed by atoms with van der Waals surface area (Å²) >= 11 is 7.63. The number of H-pyrrole nitrogens is 1. The maximum absolute atomic E-state index is 11.9. The van der Waals surface area contributed by atoms with Crippen molar-refractivity contribution in [2.24, 2.45) is 0 Å². The highest BCUT2D eigenvalue weighted by atomic mass is 35.5. The van der Waals surface area contributed by atoms with E-state index in [0.29, 0.717) is 17.3 Å². The van der Waals surface area contributed by atoms with E-state index < -0.39 is 0 Å². The van der Waals surface area contributed by atoms with Gasteiger partial charge >= 0.3 is 0 Å². The summed E-state index contributed by atoms with van der Waals surface area (Å²) in [5.74, 6) is 0.660. The van der Waals surface area contributed by atoms with Crippen LogP contribution in [0.25, 0.3) is 11.3 Å². The van der Waals surface area contributed by atoms with Crippen LogP contribution in [-0.4, -0.2) is 16.1 Å². The lowest BCUT2D eigenvalue weighted by molar-refractivity contribution is -0.116. The first-order valence-corrected chi connectivity index (χ1v) is 8.15. The van der Waals surface area contributed by atoms with Gasteiger partial charge in [-0.1, -0.05) is 29.8 Å². The Balaban J connectivity index is 1.87. The van der Waals surface area contributed by atoms with Crippen molar-refractivity contribution >= 4 is 34.7 Å². The fourth-order valence-corrected chi connectivity index (χ4v) is 3.79. The molecule has 1 amide bonds. The molecule has 0 aliphatic carbocycles. The number of anilines is 1. The van der Waals surface area contributed by atoms with E-state index in [-0.39, 0.29) is 11.8 Å². The zero-order chi connectivity index (χ0) is 15.1. The van der Waals surface area contributed by atoms with E-state index >= 15 is 0 Å². The highest BCUT2D eigenvalue weighted by Crippen LogP contribution is 2.42. The van der Waals surface area contributed by atoms with Gasteiger partial charge in [-0.25, -0.2) is 0 Å². The average molecular weight is 330 g/mol. The number of hydrogen-bond acceptors (Lipinski definition) is 3. The molecule has 110 valence electrons. The molecule has 2 aromatic heterocycles. The number of carbonyl (C=O) groups is 1. The lowest BCUT2D eigenvalue weighted by Gasteiger charge is -2.22. The Morgan fingerprint density at radius 2 is 2.05 bits per heavy atom. The van der Waals surface area contributed by atoms with Gasteiger partial charge in [-0.2, -0.15) is 5.10 Å². The van der Waals surface area contributed by atoms with Crippen LogP contribution in [0.2, 0.25) is 5.02 Å². The number of thiophene rings is 1. The van der Waals surface area contributed by atoms with E-state index in [2.05, 4.69) is 21.6 Å². The molecular formula is C16H12ClN3OS. The molecule has 4 nitrogen and oxygen atoms in total. The van der Waals surface area contributed by atoms with Crippen LogP contribution in [0, 0.1) is 0 Å². The van der Waals surface area contributed by atoms with Gasteiger partial charge in [-0.3, -0.25) is 9.89 Å². The molecule has 1 aliphatic rings. The van der Waals surface area contributed by atoms with Crippen molar-refractivity contribution in [3.8, 4) is 11.3 Å². The highest BCUT2D eigenvalue weighted by Gasteiger charge is 2.32. The minimum absolute atomic E-state index is 0.0000520. The molecule has 1 aliphatic heterocycles. The molecular weight excluding hydrogens is 318 g/mol. The summed E-state index contributed by atoms with van der Waals surface area (Å²) in [5, 5.41) is 12.9. The average Bonchev–Trinajstić information content (AvgIpc) is 3.16. The molecule has 2 N–H and O–H groups in total. The predicted octanol–water partition coefficient (Wildman–Crippen LogP) is 4.27. The molecule has 0 saturated heterocycles. The Kier molecular flexibility index (Phi) is 3.24. The van der Waals surface area contributed by atoms with E-state index in [1.807, 2.05) is 35.7 Å². The third kappa shape index (κ3) is 2.23. The molecule has 6 heteroatoms. The van der Waals surface area contributed by atoms with E-state index in [1.54, 1.807) is 11.3 Å². The van der Waals surface area contributed by atoms with Crippen molar-refractivity contribution in [3.05, 3.63) is 57.2 Å². The minimum atomic E-state index is 0.0000520. The quantitative estimate of drug-likeness (QED) is 0.737. The van der Waals surface area contributed by atoms with E-state index in [0.717, 1.165) is 16.8 Å². The first kappa shape index (κ1) is 13.5. The third-order valence-corrected chi connectivity index (χ3v) is 5.06. The lowest BCUT2D eigenvalue weighted by atomic mass is 9.89. The van der Waals surface area contributed by atoms with Gasteiger partial charge in [0, 0.05) is 33.4 Å². The number of amides is 1. The fraction of sp³-hybridized carbons (Fsp3) is 0.125. The van der Waals surface area contributed by atoms with Gasteiger partial charge in [0.1, 0.15) is 0 Å². The lowest BCUT2D eigenvalue weighted by Crippen LogP contribution is -2.22. The second kappa shape index (κ2) is 5.26. The van der Waals surface area contributed by atoms with Gasteiger partial charge < -0.3 is 5.32 Å². The summed E-state index contributed by atoms with van der Waals surface area (Å²) in [4.78, 5) is 13.1. The summed E-state index contributed by atoms with van der Waals surface area (Å²) < 4.78 is 0. The van der Waals surface area contributed by atoms with Gasteiger partial charge in [-0.15, -0.1) is 11.3 Å². The molecule has 4 rings (SSSR count). The Morgan fingerprint density at radius 1 is 1.23 bits per heavy atom. The number of benzene rings is 1. The second-order valence-corrected chi connectivity index (χ2v) is 6.60. The Morgan fingerprint density at radius 3 is 2.77 bits per heavy atom. The van der Waals surface area contributed by atoms with E-state index in [1.165, 1.54) is 4.88 Å². The van der Waals surface area contributed by atoms with Crippen molar-refractivity contribution in [2.45, 2.75) is 12.3 Å². The van der Waals surface area contributed by atoms with Crippen molar-refractivity contribution in [1.82, 2.24) is 10.2 Å². The first-order valence-electron chi connectivity index (χ1n) is 6.90. The largest absolute Gasteiger partial charge is 0.309 e. The molecule has 0 saturated carbocycles. The molecule has 0 bridgehead atoms. The summed E-state index contributed by atoms with van der Waals surface area (Å²) in [5.41, 5.74) is 2.99. The van der Waals surface area contributed by atoms with Gasteiger partial charge in [0.2, 0.25) is 5.91 Å². The summed E-state index contributed by atoms with van der Waals surface area (Å²) in [6, 6.07) is 11.7. The highest BCUT2D eigenvalue weighted by molar-refractivity contribution is 7.10. The molecule has 0 fully saturated rings. The van der Waals surface area contributed by atoms with Crippen LogP contribution >= 0.6 is 22.9 Å². The predicted molar refractivity (Wildman–Crippen MR) is 88.4 cm³/mol. The zero-order valence-corrected chi connectivity index (χ0v) is 13.0. The Bertz CT molecular complexity index is 824. The molecule has 1 aromatic carbocycles. The van der Waals surface area contributed by atoms with Crippen LogP contribution in [0.15, 0.2) is 41.8 Å². The molecule has 3 heterocycles. The molecule has 0 radical (unpaired) electrons. The van der Waals surface area contributed by atoms with Crippen molar-refractivity contribution in [2.75, 3.05) is 5.32 Å². The van der Waals surface area contributed by atoms with Crippen LogP contribution in [0.3, 0.4) is 0 Å². The van der Waals surface area contributed by atoms with Gasteiger partial charge in [0.15, 0.2) is 5.82 Å². The molecule has 3 aromatic rings. The van der Waals surface area contributed by atoms with Gasteiger partial charge in [0.25, 0.3) is 0 Å². The maximum Gasteiger partial charge on any atom is 0.226 e. The van der Waals surface area contributed by atoms with Crippen molar-refractivity contribution in [1.29, 1.82) is 0 Å². The number of aromatic nitrogens is 2. The van der Waals surface area contributed by atoms with Crippen LogP contribution < -0.4 is 5.32 Å². The standard InChI is InChI=1S/C16H12ClN3OS/c17-10-5-3-9(4-6-10)15-14-11(12-2-1-7-22-12)8-13(21)18-16(14)20-19-15/h1-7,11H,8H2,(H2,18,19,20,21). The van der Waals surface area contributed by atoms with Gasteiger partial charge in [-0.05, 0) is 23.6 Å². The molecule has 1 unspecified atom stereocenters. The number of fused-ring (bicyclic) bond motifs is 1. The SMILES string of the molecule is O=C1CC(c2cccs2)c2c(n[nH]c2-c2ccc(Cl)cc2)N1. The van der Waals surface area contributed by atoms with E-state index in [4.69, 9.17) is 11.6 Å². The molecule has 22 heavy (non-hydrogen) atoms. The molecule has 1 atom stereocenters. The van der Waals surface area contributed by atoms with Crippen LogP contribution in [0.1, 0.15) is 22.8 Å². The summed E-state index contributed by atoms with van der Waals surface area (Å²) in [6.07, 6.45) is 0.438. The van der Waals surface area contributed by atoms with Gasteiger partial charge in [0.05, 0.1) is 5.69 Å². The van der Waals surface area contributed by atoms with Crippen LogP contribution in [0.4, 0.5) is 5.82 Å². The second-order valence-electron chi connectivity index (χ2n) is 5.19.